The molecule has 4 aromatic heterocycles. The zero-order valence-corrected chi connectivity index (χ0v) is 39.9. The van der Waals surface area contributed by atoms with Crippen molar-refractivity contribution in [3.05, 3.63) is 256 Å². The first kappa shape index (κ1) is 44.4. The standard InChI is InChI=1S/C31H19NO2.C19H12BrNO.C12H9BO3/c33-31-27-11-2-1-8-23(27)24-9-3-5-14-28(24)32(31)21-18-16-20(17-19-21)22-12-7-13-26-25-10-4-6-15-29(25)34-30(22)26;20-13-9-11-14(12-10-13)21-18-8-4-3-6-16(18)15-5-1-2-7-17(15)19(21)22;14-13(15)10-6-3-5-9-8-4-1-2-7-11(8)16-12(9)10/h1-19H;1-12H;1-7,14-15H. The van der Waals surface area contributed by atoms with Crippen LogP contribution in [-0.4, -0.2) is 26.3 Å². The fraction of sp³-hybridized carbons (Fsp3) is 0. The maximum absolute atomic E-state index is 13.5. The topological polar surface area (TPSA) is 111 Å². The molecule has 0 fully saturated rings. The number of aromatic nitrogens is 2. The first-order chi connectivity index (χ1) is 35.3. The van der Waals surface area contributed by atoms with Crippen molar-refractivity contribution in [3.63, 3.8) is 0 Å². The van der Waals surface area contributed by atoms with E-state index in [0.717, 1.165) is 109 Å². The highest BCUT2D eigenvalue weighted by Gasteiger charge is 2.19. The highest BCUT2D eigenvalue weighted by atomic mass is 79.9. The van der Waals surface area contributed by atoms with Crippen LogP contribution in [0.2, 0.25) is 0 Å². The van der Waals surface area contributed by atoms with E-state index in [0.29, 0.717) is 11.0 Å². The molecule has 0 atom stereocenters. The van der Waals surface area contributed by atoms with E-state index < -0.39 is 7.12 Å². The molecule has 8 nitrogen and oxygen atoms in total. The Morgan fingerprint density at radius 2 is 0.750 bits per heavy atom. The fourth-order valence-electron chi connectivity index (χ4n) is 9.90. The number of fused-ring (bicyclic) bond motifs is 12. The Labute approximate surface area is 419 Å². The first-order valence-corrected chi connectivity index (χ1v) is 24.2. The van der Waals surface area contributed by atoms with E-state index in [9.17, 15) is 19.6 Å². The second kappa shape index (κ2) is 18.5. The number of rotatable bonds is 4. The van der Waals surface area contributed by atoms with Crippen molar-refractivity contribution in [1.82, 2.24) is 9.13 Å². The molecule has 0 aliphatic carbocycles. The zero-order valence-electron chi connectivity index (χ0n) is 38.3. The van der Waals surface area contributed by atoms with Gasteiger partial charge in [0.15, 0.2) is 0 Å². The molecule has 0 unspecified atom stereocenters. The average molecular weight is 1000 g/mol. The lowest BCUT2D eigenvalue weighted by Crippen LogP contribution is -2.29. The van der Waals surface area contributed by atoms with Gasteiger partial charge in [-0.3, -0.25) is 18.7 Å². The summed E-state index contributed by atoms with van der Waals surface area (Å²) in [4.78, 5) is 26.5. The summed E-state index contributed by atoms with van der Waals surface area (Å²) >= 11 is 3.44. The lowest BCUT2D eigenvalue weighted by Gasteiger charge is -2.14. The molecule has 10 heteroatoms. The number of hydrogen-bond donors (Lipinski definition) is 2. The smallest absolute Gasteiger partial charge is 0.456 e. The minimum Gasteiger partial charge on any atom is -0.456 e. The molecule has 0 amide bonds. The van der Waals surface area contributed by atoms with Crippen molar-refractivity contribution in [1.29, 1.82) is 0 Å². The Balaban J connectivity index is 0.000000120. The van der Waals surface area contributed by atoms with Crippen molar-refractivity contribution < 1.29 is 18.9 Å². The molecule has 0 saturated heterocycles. The van der Waals surface area contributed by atoms with Gasteiger partial charge in [0, 0.05) is 70.0 Å². The number of para-hydroxylation sites is 6. The SMILES string of the molecule is O=c1c2ccccc2c2ccccc2n1-c1ccc(-c2cccc3c2oc2ccccc23)cc1.O=c1c2ccccc2c2ccccc2n1-c1ccc(Br)cc1.OB(O)c1cccc2c1oc1ccccc12. The lowest BCUT2D eigenvalue weighted by molar-refractivity contribution is 0.425. The molecule has 72 heavy (non-hydrogen) atoms. The normalized spacial score (nSPS) is 11.4. The van der Waals surface area contributed by atoms with E-state index in [1.165, 1.54) is 0 Å². The molecule has 0 aliphatic heterocycles. The lowest BCUT2D eigenvalue weighted by atomic mass is 9.79. The second-order valence-corrected chi connectivity index (χ2v) is 18.3. The van der Waals surface area contributed by atoms with Crippen LogP contribution in [0.25, 0.3) is 110 Å². The highest BCUT2D eigenvalue weighted by molar-refractivity contribution is 9.10. The quantitative estimate of drug-likeness (QED) is 0.134. The van der Waals surface area contributed by atoms with Gasteiger partial charge in [-0.1, -0.05) is 174 Å². The van der Waals surface area contributed by atoms with E-state index in [1.807, 2.05) is 174 Å². The summed E-state index contributed by atoms with van der Waals surface area (Å²) in [6.45, 7) is 0. The summed E-state index contributed by atoms with van der Waals surface area (Å²) in [5.74, 6) is 0. The Morgan fingerprint density at radius 3 is 1.26 bits per heavy atom. The van der Waals surface area contributed by atoms with E-state index in [1.54, 1.807) is 16.7 Å². The molecule has 0 spiro atoms. The molecule has 14 rings (SSSR count). The zero-order chi connectivity index (χ0) is 48.9. The van der Waals surface area contributed by atoms with Crippen LogP contribution < -0.4 is 16.6 Å². The number of nitrogens with zero attached hydrogens (tertiary/aromatic N) is 2. The molecule has 14 aromatic rings. The van der Waals surface area contributed by atoms with Crippen molar-refractivity contribution in [2.24, 2.45) is 0 Å². The van der Waals surface area contributed by atoms with Gasteiger partial charge >= 0.3 is 7.12 Å². The highest BCUT2D eigenvalue weighted by Crippen LogP contribution is 2.36. The predicted molar refractivity (Wildman–Crippen MR) is 298 cm³/mol. The Morgan fingerprint density at radius 1 is 0.361 bits per heavy atom. The van der Waals surface area contributed by atoms with Crippen LogP contribution in [0.4, 0.5) is 0 Å². The molecule has 0 aliphatic rings. The van der Waals surface area contributed by atoms with E-state index >= 15 is 0 Å². The molecule has 344 valence electrons. The van der Waals surface area contributed by atoms with Crippen LogP contribution in [0.1, 0.15) is 0 Å². The summed E-state index contributed by atoms with van der Waals surface area (Å²) in [5.41, 5.74) is 9.08. The van der Waals surface area contributed by atoms with Gasteiger partial charge in [0.25, 0.3) is 11.1 Å². The third-order valence-corrected chi connectivity index (χ3v) is 13.8. The average Bonchev–Trinajstić information content (AvgIpc) is 4.01. The summed E-state index contributed by atoms with van der Waals surface area (Å²) in [6, 6.07) is 75.0. The van der Waals surface area contributed by atoms with Crippen LogP contribution in [0.15, 0.2) is 253 Å². The Hall–Kier alpha value is -8.80. The third kappa shape index (κ3) is 7.75. The number of pyridine rings is 2. The summed E-state index contributed by atoms with van der Waals surface area (Å²) in [6.07, 6.45) is 0. The van der Waals surface area contributed by atoms with Gasteiger partial charge < -0.3 is 18.9 Å². The molecule has 2 N–H and O–H groups in total. The van der Waals surface area contributed by atoms with Gasteiger partial charge in [-0.05, 0) is 89.1 Å². The van der Waals surface area contributed by atoms with Crippen LogP contribution in [0, 0.1) is 0 Å². The summed E-state index contributed by atoms with van der Waals surface area (Å²) in [7, 11) is -1.51. The number of halogens is 1. The molecular formula is C62H40BBrN2O6. The Kier molecular flexibility index (Phi) is 11.4. The van der Waals surface area contributed by atoms with E-state index in [2.05, 4.69) is 64.5 Å². The monoisotopic (exact) mass is 998 g/mol. The fourth-order valence-corrected chi connectivity index (χ4v) is 10.2. The molecule has 4 heterocycles. The van der Waals surface area contributed by atoms with Crippen molar-refractivity contribution in [2.75, 3.05) is 0 Å². The van der Waals surface area contributed by atoms with Crippen LogP contribution in [-0.2, 0) is 0 Å². The van der Waals surface area contributed by atoms with Crippen LogP contribution in [0.3, 0.4) is 0 Å². The molecule has 0 radical (unpaired) electrons. The minimum absolute atomic E-state index is 0.0108. The van der Waals surface area contributed by atoms with E-state index in [-0.39, 0.29) is 11.1 Å². The molecule has 10 aromatic carbocycles. The second-order valence-electron chi connectivity index (χ2n) is 17.4. The number of benzene rings is 10. The molecule has 0 bridgehead atoms. The third-order valence-electron chi connectivity index (χ3n) is 13.2. The summed E-state index contributed by atoms with van der Waals surface area (Å²) < 4.78 is 16.4. The van der Waals surface area contributed by atoms with Gasteiger partial charge in [-0.2, -0.15) is 0 Å². The van der Waals surface area contributed by atoms with E-state index in [4.69, 9.17) is 8.83 Å². The van der Waals surface area contributed by atoms with Crippen LogP contribution >= 0.6 is 15.9 Å². The maximum Gasteiger partial charge on any atom is 0.492 e. The van der Waals surface area contributed by atoms with Gasteiger partial charge in [-0.25, -0.2) is 0 Å². The maximum atomic E-state index is 13.5. The van der Waals surface area contributed by atoms with Crippen molar-refractivity contribution >= 4 is 116 Å². The van der Waals surface area contributed by atoms with Gasteiger partial charge in [-0.15, -0.1) is 0 Å². The van der Waals surface area contributed by atoms with Crippen LogP contribution in [0.5, 0.6) is 0 Å². The summed E-state index contributed by atoms with van der Waals surface area (Å²) in [5, 5.41) is 28.2. The first-order valence-electron chi connectivity index (χ1n) is 23.4. The Bertz CT molecular complexity index is 4500. The van der Waals surface area contributed by atoms with Gasteiger partial charge in [0.05, 0.1) is 11.0 Å². The van der Waals surface area contributed by atoms with Gasteiger partial charge in [0.1, 0.15) is 22.3 Å². The predicted octanol–water partition coefficient (Wildman–Crippen LogP) is 13.9. The number of hydrogen-bond acceptors (Lipinski definition) is 6. The largest absolute Gasteiger partial charge is 0.492 e. The van der Waals surface area contributed by atoms with Crippen molar-refractivity contribution in [2.45, 2.75) is 0 Å². The molecular weight excluding hydrogens is 959 g/mol. The number of furan rings is 2. The van der Waals surface area contributed by atoms with Gasteiger partial charge in [0.2, 0.25) is 0 Å². The minimum atomic E-state index is -1.51. The van der Waals surface area contributed by atoms with Crippen molar-refractivity contribution in [3.8, 4) is 22.5 Å². The molecule has 0 saturated carbocycles.